The van der Waals surface area contributed by atoms with Crippen molar-refractivity contribution in [3.8, 4) is 5.75 Å². The second kappa shape index (κ2) is 6.82. The Hall–Kier alpha value is -1.20. The summed E-state index contributed by atoms with van der Waals surface area (Å²) in [7, 11) is 0. The van der Waals surface area contributed by atoms with Crippen LogP contribution < -0.4 is 15.8 Å². The average Bonchev–Trinajstić information content (AvgIpc) is 2.39. The quantitative estimate of drug-likeness (QED) is 0.864. The van der Waals surface area contributed by atoms with Crippen LogP contribution in [0.25, 0.3) is 0 Å². The highest BCUT2D eigenvalue weighted by molar-refractivity contribution is 5.27. The molecule has 2 rings (SSSR count). The number of alkyl halides is 2. The van der Waals surface area contributed by atoms with Gasteiger partial charge in [-0.05, 0) is 43.4 Å². The van der Waals surface area contributed by atoms with Crippen LogP contribution in [0.1, 0.15) is 31.2 Å². The van der Waals surface area contributed by atoms with Crippen LogP contribution in [0.15, 0.2) is 24.3 Å². The summed E-state index contributed by atoms with van der Waals surface area (Å²) in [6.45, 7) is -2.02. The molecule has 0 aromatic heterocycles. The van der Waals surface area contributed by atoms with Gasteiger partial charge in [-0.1, -0.05) is 12.1 Å². The number of halogens is 2. The van der Waals surface area contributed by atoms with Gasteiger partial charge in [0.05, 0.1) is 0 Å². The van der Waals surface area contributed by atoms with Crippen molar-refractivity contribution in [2.45, 2.75) is 50.9 Å². The maximum Gasteiger partial charge on any atom is 0.387 e. The molecule has 0 saturated heterocycles. The van der Waals surface area contributed by atoms with E-state index in [1.807, 2.05) is 0 Å². The van der Waals surface area contributed by atoms with Crippen molar-refractivity contribution in [1.82, 2.24) is 5.32 Å². The normalized spacial score (nSPS) is 23.6. The van der Waals surface area contributed by atoms with Crippen LogP contribution in [-0.4, -0.2) is 18.7 Å². The van der Waals surface area contributed by atoms with Crippen LogP contribution in [0.5, 0.6) is 5.75 Å². The first-order valence-corrected chi connectivity index (χ1v) is 6.66. The third-order valence-electron chi connectivity index (χ3n) is 3.52. The minimum atomic E-state index is -2.77. The van der Waals surface area contributed by atoms with E-state index >= 15 is 0 Å². The first kappa shape index (κ1) is 14.2. The van der Waals surface area contributed by atoms with Crippen LogP contribution in [0.2, 0.25) is 0 Å². The molecule has 1 fully saturated rings. The van der Waals surface area contributed by atoms with E-state index in [1.165, 1.54) is 0 Å². The Balaban J connectivity index is 1.76. The van der Waals surface area contributed by atoms with E-state index in [0.717, 1.165) is 37.8 Å². The lowest BCUT2D eigenvalue weighted by atomic mass is 9.92. The van der Waals surface area contributed by atoms with E-state index in [9.17, 15) is 8.78 Å². The number of hydrogen-bond donors (Lipinski definition) is 2. The molecule has 3 N–H and O–H groups in total. The zero-order chi connectivity index (χ0) is 13.7. The van der Waals surface area contributed by atoms with Gasteiger partial charge in [-0.25, -0.2) is 0 Å². The molecule has 1 aromatic carbocycles. The molecule has 0 spiro atoms. The highest BCUT2D eigenvalue weighted by Gasteiger charge is 2.17. The molecule has 0 radical (unpaired) electrons. The Labute approximate surface area is 112 Å². The molecule has 106 valence electrons. The maximum atomic E-state index is 12.0. The predicted molar refractivity (Wildman–Crippen MR) is 70.1 cm³/mol. The Morgan fingerprint density at radius 3 is 2.37 bits per heavy atom. The fourth-order valence-corrected chi connectivity index (χ4v) is 2.37. The second-order valence-electron chi connectivity index (χ2n) is 5.02. The van der Waals surface area contributed by atoms with E-state index in [4.69, 9.17) is 5.73 Å². The topological polar surface area (TPSA) is 47.3 Å². The van der Waals surface area contributed by atoms with Gasteiger partial charge in [-0.2, -0.15) is 8.78 Å². The molecule has 5 heteroatoms. The summed E-state index contributed by atoms with van der Waals surface area (Å²) in [5.74, 6) is 0.197. The van der Waals surface area contributed by atoms with E-state index in [2.05, 4.69) is 10.1 Å². The van der Waals surface area contributed by atoms with Crippen molar-refractivity contribution >= 4 is 0 Å². The largest absolute Gasteiger partial charge is 0.435 e. The molecular weight excluding hydrogens is 250 g/mol. The Bertz CT molecular complexity index is 376. The standard InChI is InChI=1S/C14H20F2N2O/c15-14(16)19-13-7-1-10(2-8-13)9-18-12-5-3-11(17)4-6-12/h1-2,7-8,11-12,14,18H,3-6,9,17H2. The van der Waals surface area contributed by atoms with E-state index in [1.54, 1.807) is 24.3 Å². The van der Waals surface area contributed by atoms with E-state index < -0.39 is 6.61 Å². The van der Waals surface area contributed by atoms with Crippen molar-refractivity contribution in [1.29, 1.82) is 0 Å². The molecule has 0 heterocycles. The number of nitrogens with two attached hydrogens (primary N) is 1. The van der Waals surface area contributed by atoms with Gasteiger partial charge in [0.15, 0.2) is 0 Å². The summed E-state index contributed by atoms with van der Waals surface area (Å²) in [6, 6.07) is 7.61. The molecule has 1 saturated carbocycles. The van der Waals surface area contributed by atoms with Gasteiger partial charge >= 0.3 is 6.61 Å². The molecule has 0 bridgehead atoms. The van der Waals surface area contributed by atoms with Gasteiger partial charge < -0.3 is 15.8 Å². The van der Waals surface area contributed by atoms with Gasteiger partial charge in [0.25, 0.3) is 0 Å². The summed E-state index contributed by atoms with van der Waals surface area (Å²) in [6.07, 6.45) is 4.35. The van der Waals surface area contributed by atoms with Crippen molar-refractivity contribution < 1.29 is 13.5 Å². The van der Waals surface area contributed by atoms with Crippen molar-refractivity contribution in [2.75, 3.05) is 0 Å². The summed E-state index contributed by atoms with van der Waals surface area (Å²) >= 11 is 0. The van der Waals surface area contributed by atoms with Crippen molar-refractivity contribution in [3.63, 3.8) is 0 Å². The molecule has 3 nitrogen and oxygen atoms in total. The van der Waals surface area contributed by atoms with E-state index in [-0.39, 0.29) is 5.75 Å². The predicted octanol–water partition coefficient (Wildman–Crippen LogP) is 2.65. The first-order chi connectivity index (χ1) is 9.13. The highest BCUT2D eigenvalue weighted by Crippen LogP contribution is 2.18. The van der Waals surface area contributed by atoms with Gasteiger partial charge in [0.1, 0.15) is 5.75 Å². The summed E-state index contributed by atoms with van der Waals surface area (Å²) in [5.41, 5.74) is 6.92. The molecule has 0 amide bonds. The fraction of sp³-hybridized carbons (Fsp3) is 0.571. The molecular formula is C14H20F2N2O. The number of benzene rings is 1. The Morgan fingerprint density at radius 2 is 1.79 bits per heavy atom. The van der Waals surface area contributed by atoms with Crippen LogP contribution >= 0.6 is 0 Å². The molecule has 0 aliphatic heterocycles. The number of ether oxygens (including phenoxy) is 1. The zero-order valence-electron chi connectivity index (χ0n) is 10.8. The summed E-state index contributed by atoms with van der Waals surface area (Å²) in [4.78, 5) is 0. The lowest BCUT2D eigenvalue weighted by Crippen LogP contribution is -2.36. The van der Waals surface area contributed by atoms with Crippen molar-refractivity contribution in [3.05, 3.63) is 29.8 Å². The van der Waals surface area contributed by atoms with Gasteiger partial charge in [0.2, 0.25) is 0 Å². The average molecular weight is 270 g/mol. The molecule has 1 aromatic rings. The number of hydrogen-bond acceptors (Lipinski definition) is 3. The van der Waals surface area contributed by atoms with Gasteiger partial charge in [-0.3, -0.25) is 0 Å². The van der Waals surface area contributed by atoms with E-state index in [0.29, 0.717) is 12.1 Å². The monoisotopic (exact) mass is 270 g/mol. The van der Waals surface area contributed by atoms with Crippen LogP contribution in [0.4, 0.5) is 8.78 Å². The lowest BCUT2D eigenvalue weighted by Gasteiger charge is -2.27. The minimum Gasteiger partial charge on any atom is -0.435 e. The summed E-state index contributed by atoms with van der Waals surface area (Å²) < 4.78 is 28.3. The summed E-state index contributed by atoms with van der Waals surface area (Å²) in [5, 5.41) is 3.47. The lowest BCUT2D eigenvalue weighted by molar-refractivity contribution is -0.0498. The van der Waals surface area contributed by atoms with Crippen LogP contribution in [-0.2, 0) is 6.54 Å². The molecule has 1 aliphatic carbocycles. The smallest absolute Gasteiger partial charge is 0.387 e. The Kier molecular flexibility index (Phi) is 5.10. The minimum absolute atomic E-state index is 0.197. The molecule has 0 atom stereocenters. The second-order valence-corrected chi connectivity index (χ2v) is 5.02. The van der Waals surface area contributed by atoms with Crippen molar-refractivity contribution in [2.24, 2.45) is 5.73 Å². The SMILES string of the molecule is NC1CCC(NCc2ccc(OC(F)F)cc2)CC1. The van der Waals surface area contributed by atoms with Crippen LogP contribution in [0.3, 0.4) is 0 Å². The molecule has 1 aliphatic rings. The number of nitrogens with one attached hydrogen (secondary N) is 1. The fourth-order valence-electron chi connectivity index (χ4n) is 2.37. The first-order valence-electron chi connectivity index (χ1n) is 6.66. The maximum absolute atomic E-state index is 12.0. The highest BCUT2D eigenvalue weighted by atomic mass is 19.3. The van der Waals surface area contributed by atoms with Gasteiger partial charge in [-0.15, -0.1) is 0 Å². The Morgan fingerprint density at radius 1 is 1.16 bits per heavy atom. The third-order valence-corrected chi connectivity index (χ3v) is 3.52. The zero-order valence-corrected chi connectivity index (χ0v) is 10.8. The third kappa shape index (κ3) is 4.76. The van der Waals surface area contributed by atoms with Crippen LogP contribution in [0, 0.1) is 0 Å². The number of rotatable bonds is 5. The molecule has 0 unspecified atom stereocenters. The molecule has 19 heavy (non-hydrogen) atoms. The van der Waals surface area contributed by atoms with Gasteiger partial charge in [0, 0.05) is 18.6 Å².